The fourth-order valence-electron chi connectivity index (χ4n) is 6.04. The van der Waals surface area contributed by atoms with E-state index in [4.69, 9.17) is 27.9 Å². The highest BCUT2D eigenvalue weighted by atomic mass is 32.2. The van der Waals surface area contributed by atoms with Crippen molar-refractivity contribution in [1.82, 2.24) is 4.72 Å². The Bertz CT molecular complexity index is 1390. The molecule has 0 bridgehead atoms. The predicted octanol–water partition coefficient (Wildman–Crippen LogP) is 5.29. The first-order valence-corrected chi connectivity index (χ1v) is 16.4. The lowest BCUT2D eigenvalue weighted by molar-refractivity contribution is -0.363. The second-order valence-corrected chi connectivity index (χ2v) is 12.7. The van der Waals surface area contributed by atoms with Gasteiger partial charge in [0.25, 0.3) is 0 Å². The third-order valence-corrected chi connectivity index (χ3v) is 9.32. The maximum Gasteiger partial charge on any atom is 0.382 e. The summed E-state index contributed by atoms with van der Waals surface area (Å²) in [6, 6.07) is 28.2. The van der Waals surface area contributed by atoms with Crippen molar-refractivity contribution in [1.29, 1.82) is 0 Å². The molecule has 1 aliphatic carbocycles. The standard InChI is InChI=1S/C33H39NO8S/c1-23-30-29(22-38-32(41-30)25-13-7-3-8-14-25)40-33(31(23)37-21-24-11-5-2-6-12-24)39-27-19-17-26(18-20-27)34-43(35,36)42-28-15-9-4-10-16-28/h2-16,23,26-27,29-34H,17-22H2,1H3/t23?,26?,27?,29?,30-,31+,32?,33+/m0/s1. The van der Waals surface area contributed by atoms with Crippen molar-refractivity contribution in [2.24, 2.45) is 5.92 Å². The van der Waals surface area contributed by atoms with E-state index < -0.39 is 22.9 Å². The number of benzene rings is 3. The summed E-state index contributed by atoms with van der Waals surface area (Å²) in [5, 5.41) is 0. The highest BCUT2D eigenvalue weighted by Gasteiger charge is 2.49. The summed E-state index contributed by atoms with van der Waals surface area (Å²) in [5.41, 5.74) is 2.03. The molecule has 3 aromatic rings. The van der Waals surface area contributed by atoms with Crippen molar-refractivity contribution in [3.8, 4) is 5.75 Å². The van der Waals surface area contributed by atoms with Gasteiger partial charge in [-0.05, 0) is 43.4 Å². The zero-order chi connectivity index (χ0) is 29.6. The van der Waals surface area contributed by atoms with Crippen molar-refractivity contribution in [2.45, 2.75) is 82.3 Å². The molecule has 0 aromatic heterocycles. The Morgan fingerprint density at radius 1 is 0.837 bits per heavy atom. The molecule has 230 valence electrons. The van der Waals surface area contributed by atoms with Crippen LogP contribution in [0.2, 0.25) is 0 Å². The minimum atomic E-state index is -3.93. The Kier molecular flexibility index (Phi) is 9.74. The van der Waals surface area contributed by atoms with Gasteiger partial charge in [-0.1, -0.05) is 85.8 Å². The van der Waals surface area contributed by atoms with Crippen LogP contribution in [0.25, 0.3) is 0 Å². The number of nitrogens with one attached hydrogen (secondary N) is 1. The van der Waals surface area contributed by atoms with Gasteiger partial charge in [-0.3, -0.25) is 0 Å². The summed E-state index contributed by atoms with van der Waals surface area (Å²) in [6.45, 7) is 2.93. The van der Waals surface area contributed by atoms with Crippen LogP contribution in [0.1, 0.15) is 50.0 Å². The molecule has 2 heterocycles. The third kappa shape index (κ3) is 7.82. The van der Waals surface area contributed by atoms with Gasteiger partial charge in [-0.25, -0.2) is 0 Å². The van der Waals surface area contributed by atoms with E-state index in [1.807, 2.05) is 60.7 Å². The molecule has 2 saturated heterocycles. The number of ether oxygens (including phenoxy) is 5. The van der Waals surface area contributed by atoms with Crippen molar-refractivity contribution >= 4 is 10.3 Å². The van der Waals surface area contributed by atoms with Crippen LogP contribution in [0.5, 0.6) is 5.75 Å². The molecular weight excluding hydrogens is 570 g/mol. The number of hydrogen-bond acceptors (Lipinski definition) is 8. The fourth-order valence-corrected chi connectivity index (χ4v) is 7.10. The third-order valence-electron chi connectivity index (χ3n) is 8.29. The largest absolute Gasteiger partial charge is 0.382 e. The predicted molar refractivity (Wildman–Crippen MR) is 159 cm³/mol. The molecule has 43 heavy (non-hydrogen) atoms. The summed E-state index contributed by atoms with van der Waals surface area (Å²) in [7, 11) is -3.93. The van der Waals surface area contributed by atoms with Crippen LogP contribution in [0.3, 0.4) is 0 Å². The van der Waals surface area contributed by atoms with Crippen molar-refractivity contribution in [3.05, 3.63) is 102 Å². The lowest BCUT2D eigenvalue weighted by Gasteiger charge is -2.49. The molecule has 0 amide bonds. The summed E-state index contributed by atoms with van der Waals surface area (Å²) in [4.78, 5) is 0. The summed E-state index contributed by atoms with van der Waals surface area (Å²) >= 11 is 0. The number of fused-ring (bicyclic) bond motifs is 1. The molecule has 3 unspecified atom stereocenters. The van der Waals surface area contributed by atoms with Gasteiger partial charge in [0.15, 0.2) is 12.6 Å². The van der Waals surface area contributed by atoms with Gasteiger partial charge in [0.1, 0.15) is 18.0 Å². The van der Waals surface area contributed by atoms with Gasteiger partial charge < -0.3 is 27.9 Å². The van der Waals surface area contributed by atoms with Gasteiger partial charge in [-0.2, -0.15) is 13.1 Å². The van der Waals surface area contributed by atoms with Crippen LogP contribution in [0.15, 0.2) is 91.0 Å². The fraction of sp³-hybridized carbons (Fsp3) is 0.455. The number of para-hydroxylation sites is 1. The Morgan fingerprint density at radius 3 is 2.19 bits per heavy atom. The molecule has 3 aromatic carbocycles. The summed E-state index contributed by atoms with van der Waals surface area (Å²) in [5.74, 6) is 0.252. The second-order valence-electron chi connectivity index (χ2n) is 11.4. The quantitative estimate of drug-likeness (QED) is 0.331. The molecule has 2 aliphatic heterocycles. The number of rotatable bonds is 10. The van der Waals surface area contributed by atoms with Crippen LogP contribution < -0.4 is 8.91 Å². The molecule has 3 aliphatic rings. The van der Waals surface area contributed by atoms with Crippen LogP contribution in [-0.4, -0.2) is 51.8 Å². The molecule has 9 nitrogen and oxygen atoms in total. The molecule has 0 radical (unpaired) electrons. The Hall–Kier alpha value is -2.83. The second kappa shape index (κ2) is 13.9. The average molecular weight is 610 g/mol. The van der Waals surface area contributed by atoms with E-state index in [0.29, 0.717) is 38.9 Å². The van der Waals surface area contributed by atoms with E-state index >= 15 is 0 Å². The SMILES string of the molecule is CC1[C@@H]2OC(c3ccccc3)OCC2O[C@@H](OC2CCC(NS(=O)(=O)Oc3ccccc3)CC2)[C@@H]1OCc1ccccc1. The molecule has 3 fully saturated rings. The summed E-state index contributed by atoms with van der Waals surface area (Å²) in [6.07, 6.45) is 0.523. The van der Waals surface area contributed by atoms with E-state index in [9.17, 15) is 8.42 Å². The van der Waals surface area contributed by atoms with Gasteiger partial charge in [0.05, 0.1) is 25.4 Å². The van der Waals surface area contributed by atoms with Crippen LogP contribution in [-0.2, 0) is 40.6 Å². The lowest BCUT2D eigenvalue weighted by atomic mass is 9.89. The molecule has 0 spiro atoms. The molecule has 6 atom stereocenters. The van der Waals surface area contributed by atoms with E-state index in [1.165, 1.54) is 0 Å². The zero-order valence-corrected chi connectivity index (χ0v) is 25.0. The molecule has 1 saturated carbocycles. The van der Waals surface area contributed by atoms with Crippen molar-refractivity contribution in [2.75, 3.05) is 6.61 Å². The minimum absolute atomic E-state index is 0.0270. The highest BCUT2D eigenvalue weighted by molar-refractivity contribution is 7.85. The first-order valence-electron chi connectivity index (χ1n) is 15.0. The minimum Gasteiger partial charge on any atom is -0.371 e. The van der Waals surface area contributed by atoms with E-state index in [0.717, 1.165) is 11.1 Å². The van der Waals surface area contributed by atoms with Gasteiger partial charge in [0.2, 0.25) is 0 Å². The number of hydrogen-bond donors (Lipinski definition) is 1. The van der Waals surface area contributed by atoms with Gasteiger partial charge in [0, 0.05) is 17.5 Å². The van der Waals surface area contributed by atoms with Gasteiger partial charge >= 0.3 is 10.3 Å². The Balaban J connectivity index is 1.08. The van der Waals surface area contributed by atoms with Gasteiger partial charge in [-0.15, -0.1) is 0 Å². The molecule has 10 heteroatoms. The first-order chi connectivity index (χ1) is 20.9. The molecule has 1 N–H and O–H groups in total. The Labute approximate surface area is 253 Å². The first kappa shape index (κ1) is 30.2. The van der Waals surface area contributed by atoms with E-state index in [2.05, 4.69) is 11.6 Å². The monoisotopic (exact) mass is 609 g/mol. The smallest absolute Gasteiger partial charge is 0.371 e. The average Bonchev–Trinajstić information content (AvgIpc) is 3.03. The van der Waals surface area contributed by atoms with Crippen LogP contribution >= 0.6 is 0 Å². The maximum absolute atomic E-state index is 12.6. The topological polar surface area (TPSA) is 102 Å². The summed E-state index contributed by atoms with van der Waals surface area (Å²) < 4.78 is 65.1. The maximum atomic E-state index is 12.6. The normalized spacial score (nSPS) is 31.2. The van der Waals surface area contributed by atoms with Crippen LogP contribution in [0.4, 0.5) is 0 Å². The highest BCUT2D eigenvalue weighted by Crippen LogP contribution is 2.39. The molecule has 6 rings (SSSR count). The van der Waals surface area contributed by atoms with Crippen molar-refractivity contribution in [3.63, 3.8) is 0 Å². The van der Waals surface area contributed by atoms with Crippen LogP contribution in [0, 0.1) is 5.92 Å². The zero-order valence-electron chi connectivity index (χ0n) is 24.2. The Morgan fingerprint density at radius 2 is 1.49 bits per heavy atom. The molecular formula is C33H39NO8S. The lowest BCUT2D eigenvalue weighted by Crippen LogP contribution is -2.60. The van der Waals surface area contributed by atoms with E-state index in [-0.39, 0.29) is 42.1 Å². The van der Waals surface area contributed by atoms with Crippen molar-refractivity contribution < 1.29 is 36.3 Å². The van der Waals surface area contributed by atoms with E-state index in [1.54, 1.807) is 30.3 Å².